The predicted molar refractivity (Wildman–Crippen MR) is 85.6 cm³/mol. The molecule has 0 radical (unpaired) electrons. The molecule has 22 heavy (non-hydrogen) atoms. The van der Waals surface area contributed by atoms with Gasteiger partial charge in [-0.25, -0.2) is 0 Å². The van der Waals surface area contributed by atoms with Crippen molar-refractivity contribution in [1.82, 2.24) is 10.2 Å². The molecule has 0 aliphatic carbocycles. The van der Waals surface area contributed by atoms with Crippen LogP contribution in [-0.4, -0.2) is 42.4 Å². The molecule has 6 heteroatoms. The van der Waals surface area contributed by atoms with E-state index >= 15 is 0 Å². The lowest BCUT2D eigenvalue weighted by Gasteiger charge is -2.23. The first kappa shape index (κ1) is 18.5. The van der Waals surface area contributed by atoms with Crippen molar-refractivity contribution in [3.8, 4) is 0 Å². The van der Waals surface area contributed by atoms with Gasteiger partial charge in [0.2, 0.25) is 5.91 Å². The lowest BCUT2D eigenvalue weighted by Crippen LogP contribution is -2.44. The standard InChI is InChI=1S/C16H29N3O3/c1-3-4-9-13-10-7-5-6-8-11-14(20)18-16(17)19(2)12-15(21)22-13/h13H,3-12H2,1-2H3,(H2,17,18,20). The Hall–Kier alpha value is -1.59. The minimum absolute atomic E-state index is 0.0122. The second-order valence-electron chi connectivity index (χ2n) is 5.96. The average molecular weight is 311 g/mol. The smallest absolute Gasteiger partial charge is 0.325 e. The van der Waals surface area contributed by atoms with Crippen LogP contribution >= 0.6 is 0 Å². The third-order valence-electron chi connectivity index (χ3n) is 3.86. The molecule has 1 amide bonds. The molecule has 0 aromatic carbocycles. The number of amides is 1. The van der Waals surface area contributed by atoms with E-state index in [1.165, 1.54) is 4.90 Å². The molecule has 2 N–H and O–H groups in total. The molecular weight excluding hydrogens is 282 g/mol. The van der Waals surface area contributed by atoms with Gasteiger partial charge >= 0.3 is 5.97 Å². The van der Waals surface area contributed by atoms with Gasteiger partial charge in [-0.05, 0) is 25.7 Å². The quantitative estimate of drug-likeness (QED) is 0.784. The van der Waals surface area contributed by atoms with Crippen LogP contribution in [0.5, 0.6) is 0 Å². The number of rotatable bonds is 3. The van der Waals surface area contributed by atoms with E-state index in [2.05, 4.69) is 12.2 Å². The summed E-state index contributed by atoms with van der Waals surface area (Å²) >= 11 is 0. The zero-order chi connectivity index (χ0) is 16.4. The maximum Gasteiger partial charge on any atom is 0.325 e. The monoisotopic (exact) mass is 311 g/mol. The Labute approximate surface area is 133 Å². The first-order valence-electron chi connectivity index (χ1n) is 8.32. The Morgan fingerprint density at radius 1 is 1.27 bits per heavy atom. The fraction of sp³-hybridized carbons (Fsp3) is 0.812. The molecule has 1 rings (SSSR count). The highest BCUT2D eigenvalue weighted by Crippen LogP contribution is 2.15. The topological polar surface area (TPSA) is 82.5 Å². The molecule has 0 aromatic rings. The number of hydrogen-bond donors (Lipinski definition) is 2. The second kappa shape index (κ2) is 10.2. The van der Waals surface area contributed by atoms with E-state index in [0.29, 0.717) is 6.42 Å². The van der Waals surface area contributed by atoms with Crippen LogP contribution in [0.25, 0.3) is 0 Å². The SMILES string of the molecule is CCCCC1CCCCCCC(=O)NC(=N)N(C)CC(=O)O1. The fourth-order valence-corrected chi connectivity index (χ4v) is 2.49. The number of hydrogen-bond acceptors (Lipinski definition) is 4. The van der Waals surface area contributed by atoms with E-state index in [1.807, 2.05) is 0 Å². The average Bonchev–Trinajstić information content (AvgIpc) is 2.46. The Morgan fingerprint density at radius 3 is 2.73 bits per heavy atom. The summed E-state index contributed by atoms with van der Waals surface area (Å²) in [5.74, 6) is -0.549. The highest BCUT2D eigenvalue weighted by Gasteiger charge is 2.18. The molecule has 1 atom stereocenters. The van der Waals surface area contributed by atoms with E-state index in [1.54, 1.807) is 7.05 Å². The maximum atomic E-state index is 12.0. The number of ether oxygens (including phenoxy) is 1. The van der Waals surface area contributed by atoms with Gasteiger partial charge in [0.05, 0.1) is 0 Å². The lowest BCUT2D eigenvalue weighted by molar-refractivity contribution is -0.150. The molecule has 1 fully saturated rings. The molecular formula is C16H29N3O3. The van der Waals surface area contributed by atoms with Crippen molar-refractivity contribution in [2.75, 3.05) is 13.6 Å². The fourth-order valence-electron chi connectivity index (χ4n) is 2.49. The largest absolute Gasteiger partial charge is 0.461 e. The maximum absolute atomic E-state index is 12.0. The first-order valence-corrected chi connectivity index (χ1v) is 8.32. The van der Waals surface area contributed by atoms with Crippen molar-refractivity contribution in [3.05, 3.63) is 0 Å². The van der Waals surface area contributed by atoms with E-state index in [0.717, 1.165) is 51.4 Å². The summed E-state index contributed by atoms with van der Waals surface area (Å²) in [6.07, 6.45) is 8.24. The summed E-state index contributed by atoms with van der Waals surface area (Å²) in [6.45, 7) is 2.12. The Kier molecular flexibility index (Phi) is 8.55. The van der Waals surface area contributed by atoms with Crippen LogP contribution in [0.3, 0.4) is 0 Å². The highest BCUT2D eigenvalue weighted by molar-refractivity contribution is 5.96. The van der Waals surface area contributed by atoms with Gasteiger partial charge < -0.3 is 9.64 Å². The summed E-state index contributed by atoms with van der Waals surface area (Å²) in [6, 6.07) is 0. The third kappa shape index (κ3) is 7.43. The number of carbonyl (C=O) groups is 2. The van der Waals surface area contributed by atoms with Crippen molar-refractivity contribution in [1.29, 1.82) is 5.41 Å². The number of guanidine groups is 1. The molecule has 1 aliphatic rings. The number of carbonyl (C=O) groups excluding carboxylic acids is 2. The minimum Gasteiger partial charge on any atom is -0.461 e. The summed E-state index contributed by atoms with van der Waals surface area (Å²) in [7, 11) is 1.61. The molecule has 0 saturated carbocycles. The number of likely N-dealkylation sites (N-methyl/N-ethyl adjacent to an activating group) is 1. The first-order chi connectivity index (χ1) is 10.5. The van der Waals surface area contributed by atoms with Gasteiger partial charge in [0.1, 0.15) is 12.6 Å². The molecule has 1 heterocycles. The second-order valence-corrected chi connectivity index (χ2v) is 5.96. The normalized spacial score (nSPS) is 22.7. The lowest BCUT2D eigenvalue weighted by atomic mass is 10.0. The predicted octanol–water partition coefficient (Wildman–Crippen LogP) is 2.43. The van der Waals surface area contributed by atoms with Gasteiger partial charge in [0, 0.05) is 13.5 Å². The van der Waals surface area contributed by atoms with Crippen LogP contribution < -0.4 is 5.32 Å². The van der Waals surface area contributed by atoms with Gasteiger partial charge in [-0.1, -0.05) is 32.6 Å². The zero-order valence-electron chi connectivity index (χ0n) is 13.8. The van der Waals surface area contributed by atoms with Crippen LogP contribution in [0.1, 0.15) is 64.7 Å². The van der Waals surface area contributed by atoms with Gasteiger partial charge in [-0.2, -0.15) is 0 Å². The number of nitrogens with one attached hydrogen (secondary N) is 2. The minimum atomic E-state index is -0.334. The van der Waals surface area contributed by atoms with E-state index in [4.69, 9.17) is 10.1 Å². The molecule has 0 spiro atoms. The molecule has 126 valence electrons. The summed E-state index contributed by atoms with van der Waals surface area (Å²) in [5.41, 5.74) is 0. The van der Waals surface area contributed by atoms with Gasteiger partial charge in [-0.15, -0.1) is 0 Å². The number of esters is 1. The van der Waals surface area contributed by atoms with Gasteiger partial charge in [0.25, 0.3) is 0 Å². The van der Waals surface area contributed by atoms with Crippen LogP contribution in [0, 0.1) is 5.41 Å². The molecule has 0 bridgehead atoms. The number of cyclic esters (lactones) is 1. The van der Waals surface area contributed by atoms with Crippen LogP contribution in [0.15, 0.2) is 0 Å². The Balaban J connectivity index is 2.62. The Morgan fingerprint density at radius 2 is 2.00 bits per heavy atom. The van der Waals surface area contributed by atoms with Gasteiger partial charge in [-0.3, -0.25) is 20.3 Å². The molecule has 6 nitrogen and oxygen atoms in total. The van der Waals surface area contributed by atoms with Crippen molar-refractivity contribution in [3.63, 3.8) is 0 Å². The van der Waals surface area contributed by atoms with Crippen LogP contribution in [-0.2, 0) is 14.3 Å². The summed E-state index contributed by atoms with van der Waals surface area (Å²) in [4.78, 5) is 25.1. The van der Waals surface area contributed by atoms with E-state index < -0.39 is 0 Å². The Bertz CT molecular complexity index is 385. The van der Waals surface area contributed by atoms with Crippen LogP contribution in [0.2, 0.25) is 0 Å². The zero-order valence-corrected chi connectivity index (χ0v) is 13.8. The number of nitrogens with zero attached hydrogens (tertiary/aromatic N) is 1. The number of unbranched alkanes of at least 4 members (excludes halogenated alkanes) is 1. The van der Waals surface area contributed by atoms with Gasteiger partial charge in [0.15, 0.2) is 5.96 Å². The summed E-state index contributed by atoms with van der Waals surface area (Å²) < 4.78 is 5.55. The molecule has 1 aliphatic heterocycles. The van der Waals surface area contributed by atoms with Crippen LogP contribution in [0.4, 0.5) is 0 Å². The van der Waals surface area contributed by atoms with Crippen molar-refractivity contribution >= 4 is 17.8 Å². The summed E-state index contributed by atoms with van der Waals surface area (Å²) in [5, 5.41) is 10.3. The molecule has 1 saturated heterocycles. The van der Waals surface area contributed by atoms with E-state index in [-0.39, 0.29) is 30.5 Å². The van der Waals surface area contributed by atoms with Crippen molar-refractivity contribution in [2.45, 2.75) is 70.8 Å². The van der Waals surface area contributed by atoms with Crippen molar-refractivity contribution < 1.29 is 14.3 Å². The van der Waals surface area contributed by atoms with E-state index in [9.17, 15) is 9.59 Å². The van der Waals surface area contributed by atoms with Crippen molar-refractivity contribution in [2.24, 2.45) is 0 Å². The third-order valence-corrected chi connectivity index (χ3v) is 3.86. The highest BCUT2D eigenvalue weighted by atomic mass is 16.5. The molecule has 0 aromatic heterocycles. The molecule has 1 unspecified atom stereocenters.